The van der Waals surface area contributed by atoms with Gasteiger partial charge in [0.15, 0.2) is 0 Å². The van der Waals surface area contributed by atoms with Crippen LogP contribution < -0.4 is 4.74 Å². The number of amides is 2. The smallest absolute Gasteiger partial charge is 0.245 e. The highest BCUT2D eigenvalue weighted by molar-refractivity contribution is 5.94. The first-order chi connectivity index (χ1) is 10.9. The van der Waals surface area contributed by atoms with Gasteiger partial charge < -0.3 is 14.5 Å². The largest absolute Gasteiger partial charge is 0.491 e. The molecule has 0 bridgehead atoms. The topological polar surface area (TPSA) is 49.9 Å². The molecule has 5 heteroatoms. The maximum absolute atomic E-state index is 12.3. The third-order valence-electron chi connectivity index (χ3n) is 4.20. The first-order valence-electron chi connectivity index (χ1n) is 8.22. The van der Waals surface area contributed by atoms with Gasteiger partial charge in [-0.05, 0) is 38.8 Å². The van der Waals surface area contributed by atoms with Crippen LogP contribution in [0.1, 0.15) is 31.4 Å². The van der Waals surface area contributed by atoms with E-state index >= 15 is 0 Å². The van der Waals surface area contributed by atoms with Gasteiger partial charge in [-0.25, -0.2) is 0 Å². The molecule has 1 aliphatic rings. The molecule has 23 heavy (non-hydrogen) atoms. The number of rotatable bonds is 6. The van der Waals surface area contributed by atoms with Gasteiger partial charge >= 0.3 is 0 Å². The Kier molecular flexibility index (Phi) is 5.64. The van der Waals surface area contributed by atoms with E-state index in [1.54, 1.807) is 16.7 Å². The molecule has 1 aromatic rings. The third-order valence-corrected chi connectivity index (χ3v) is 4.20. The van der Waals surface area contributed by atoms with Gasteiger partial charge in [0.1, 0.15) is 18.4 Å². The SMILES string of the molecule is CCCN1CC(=O)N(CCOc2ccc(C)cc2C)[C@H](C)C1=O. The molecule has 0 aromatic heterocycles. The highest BCUT2D eigenvalue weighted by atomic mass is 16.5. The Bertz CT molecular complexity index is 586. The summed E-state index contributed by atoms with van der Waals surface area (Å²) >= 11 is 0. The second-order valence-corrected chi connectivity index (χ2v) is 6.14. The molecule has 1 aliphatic heterocycles. The molecule has 1 heterocycles. The van der Waals surface area contributed by atoms with Crippen LogP contribution in [-0.2, 0) is 9.59 Å². The van der Waals surface area contributed by atoms with Gasteiger partial charge in [0, 0.05) is 6.54 Å². The number of aryl methyl sites for hydroxylation is 2. The van der Waals surface area contributed by atoms with E-state index in [-0.39, 0.29) is 18.4 Å². The van der Waals surface area contributed by atoms with Crippen LogP contribution in [0.5, 0.6) is 5.75 Å². The molecule has 1 aromatic carbocycles. The van der Waals surface area contributed by atoms with Crippen LogP contribution in [-0.4, -0.2) is 53.9 Å². The van der Waals surface area contributed by atoms with Crippen LogP contribution >= 0.6 is 0 Å². The van der Waals surface area contributed by atoms with E-state index in [0.717, 1.165) is 17.7 Å². The molecule has 1 fully saturated rings. The van der Waals surface area contributed by atoms with E-state index in [4.69, 9.17) is 4.74 Å². The van der Waals surface area contributed by atoms with Gasteiger partial charge in [-0.2, -0.15) is 0 Å². The summed E-state index contributed by atoms with van der Waals surface area (Å²) in [4.78, 5) is 27.8. The van der Waals surface area contributed by atoms with Gasteiger partial charge in [-0.15, -0.1) is 0 Å². The molecule has 0 spiro atoms. The van der Waals surface area contributed by atoms with E-state index in [1.807, 2.05) is 32.9 Å². The van der Waals surface area contributed by atoms with Gasteiger partial charge in [0.2, 0.25) is 11.8 Å². The van der Waals surface area contributed by atoms with E-state index in [2.05, 4.69) is 6.07 Å². The number of piperazine rings is 1. The van der Waals surface area contributed by atoms with E-state index in [0.29, 0.717) is 19.7 Å². The van der Waals surface area contributed by atoms with Gasteiger partial charge in [0.05, 0.1) is 13.1 Å². The van der Waals surface area contributed by atoms with E-state index < -0.39 is 6.04 Å². The van der Waals surface area contributed by atoms with Crippen molar-refractivity contribution in [2.24, 2.45) is 0 Å². The summed E-state index contributed by atoms with van der Waals surface area (Å²) in [5.41, 5.74) is 2.27. The highest BCUT2D eigenvalue weighted by Gasteiger charge is 2.35. The molecular formula is C18H26N2O3. The Hall–Kier alpha value is -2.04. The van der Waals surface area contributed by atoms with Gasteiger partial charge in [0.25, 0.3) is 0 Å². The Morgan fingerprint density at radius 3 is 2.61 bits per heavy atom. The van der Waals surface area contributed by atoms with Crippen molar-refractivity contribution in [1.29, 1.82) is 0 Å². The molecule has 126 valence electrons. The summed E-state index contributed by atoms with van der Waals surface area (Å²) in [6.07, 6.45) is 0.863. The van der Waals surface area contributed by atoms with Crippen LogP contribution in [0.15, 0.2) is 18.2 Å². The van der Waals surface area contributed by atoms with Crippen molar-refractivity contribution in [2.45, 2.75) is 40.2 Å². The number of ether oxygens (including phenoxy) is 1. The predicted octanol–water partition coefficient (Wildman–Crippen LogP) is 2.15. The molecule has 0 radical (unpaired) electrons. The number of carbonyl (C=O) groups excluding carboxylic acids is 2. The minimum Gasteiger partial charge on any atom is -0.491 e. The standard InChI is InChI=1S/C18H26N2O3/c1-5-8-19-12-17(21)20(15(4)18(19)22)9-10-23-16-7-6-13(2)11-14(16)3/h6-7,11,15H,5,8-10,12H2,1-4H3/t15-/m1/s1. The summed E-state index contributed by atoms with van der Waals surface area (Å²) in [7, 11) is 0. The molecule has 0 aliphatic carbocycles. The summed E-state index contributed by atoms with van der Waals surface area (Å²) in [6, 6.07) is 5.60. The minimum absolute atomic E-state index is 0.00484. The van der Waals surface area contributed by atoms with Crippen molar-refractivity contribution in [3.8, 4) is 5.75 Å². The Morgan fingerprint density at radius 2 is 1.96 bits per heavy atom. The first-order valence-corrected chi connectivity index (χ1v) is 8.22. The maximum atomic E-state index is 12.3. The normalized spacial score (nSPS) is 18.5. The van der Waals surface area contributed by atoms with Crippen molar-refractivity contribution in [3.63, 3.8) is 0 Å². The average Bonchev–Trinajstić information content (AvgIpc) is 2.50. The van der Waals surface area contributed by atoms with Crippen molar-refractivity contribution in [2.75, 3.05) is 26.2 Å². The molecule has 2 amide bonds. The molecule has 5 nitrogen and oxygen atoms in total. The average molecular weight is 318 g/mol. The van der Waals surface area contributed by atoms with Crippen LogP contribution in [0, 0.1) is 13.8 Å². The van der Waals surface area contributed by atoms with Crippen molar-refractivity contribution >= 4 is 11.8 Å². The summed E-state index contributed by atoms with van der Waals surface area (Å²) in [5, 5.41) is 0. The van der Waals surface area contributed by atoms with Crippen LogP contribution in [0.2, 0.25) is 0 Å². The number of benzene rings is 1. The molecule has 0 unspecified atom stereocenters. The number of carbonyl (C=O) groups is 2. The predicted molar refractivity (Wildman–Crippen MR) is 89.5 cm³/mol. The first kappa shape index (κ1) is 17.3. The van der Waals surface area contributed by atoms with Crippen molar-refractivity contribution in [3.05, 3.63) is 29.3 Å². The lowest BCUT2D eigenvalue weighted by Gasteiger charge is -2.38. The second-order valence-electron chi connectivity index (χ2n) is 6.14. The summed E-state index contributed by atoms with van der Waals surface area (Å²) < 4.78 is 5.78. The molecule has 1 saturated heterocycles. The van der Waals surface area contributed by atoms with Gasteiger partial charge in [-0.1, -0.05) is 24.6 Å². The number of hydrogen-bond donors (Lipinski definition) is 0. The lowest BCUT2D eigenvalue weighted by Crippen LogP contribution is -2.59. The monoisotopic (exact) mass is 318 g/mol. The highest BCUT2D eigenvalue weighted by Crippen LogP contribution is 2.19. The zero-order chi connectivity index (χ0) is 17.0. The number of hydrogen-bond acceptors (Lipinski definition) is 3. The van der Waals surface area contributed by atoms with Crippen LogP contribution in [0.4, 0.5) is 0 Å². The Balaban J connectivity index is 1.92. The van der Waals surface area contributed by atoms with Crippen molar-refractivity contribution < 1.29 is 14.3 Å². The summed E-state index contributed by atoms with van der Waals surface area (Å²) in [6.45, 7) is 9.48. The summed E-state index contributed by atoms with van der Waals surface area (Å²) in [5.74, 6) is 0.847. The molecular weight excluding hydrogens is 292 g/mol. The van der Waals surface area contributed by atoms with Crippen molar-refractivity contribution in [1.82, 2.24) is 9.80 Å². The fourth-order valence-electron chi connectivity index (χ4n) is 2.94. The molecule has 0 N–H and O–H groups in total. The lowest BCUT2D eigenvalue weighted by atomic mass is 10.1. The second kappa shape index (κ2) is 7.49. The molecule has 2 rings (SSSR count). The van der Waals surface area contributed by atoms with E-state index in [1.165, 1.54) is 5.56 Å². The molecule has 0 saturated carbocycles. The van der Waals surface area contributed by atoms with E-state index in [9.17, 15) is 9.59 Å². The zero-order valence-electron chi connectivity index (χ0n) is 14.5. The quantitative estimate of drug-likeness (QED) is 0.807. The Morgan fingerprint density at radius 1 is 1.22 bits per heavy atom. The minimum atomic E-state index is -0.412. The fourth-order valence-corrected chi connectivity index (χ4v) is 2.94. The van der Waals surface area contributed by atoms with Gasteiger partial charge in [-0.3, -0.25) is 9.59 Å². The van der Waals surface area contributed by atoms with Crippen LogP contribution in [0.25, 0.3) is 0 Å². The third kappa shape index (κ3) is 4.03. The fraction of sp³-hybridized carbons (Fsp3) is 0.556. The van der Waals surface area contributed by atoms with Crippen LogP contribution in [0.3, 0.4) is 0 Å². The molecule has 1 atom stereocenters. The lowest BCUT2D eigenvalue weighted by molar-refractivity contribution is -0.155. The number of nitrogens with zero attached hydrogens (tertiary/aromatic N) is 2. The Labute approximate surface area is 138 Å². The maximum Gasteiger partial charge on any atom is 0.245 e. The zero-order valence-corrected chi connectivity index (χ0v) is 14.5.